The molecule has 0 saturated heterocycles. The van der Waals surface area contributed by atoms with Crippen molar-refractivity contribution in [1.29, 1.82) is 0 Å². The number of β-amino-alcohol motifs (C(OH)–C–C–N with tert-alkyl or cyclic N) is 1. The van der Waals surface area contributed by atoms with Crippen LogP contribution in [-0.4, -0.2) is 51.4 Å². The lowest BCUT2D eigenvalue weighted by molar-refractivity contribution is 0.0503. The maximum Gasteiger partial charge on any atom is 0.248 e. The highest BCUT2D eigenvalue weighted by atomic mass is 16.5. The first-order chi connectivity index (χ1) is 17.6. The molecule has 3 aromatic carbocycles. The SMILES string of the molecule is CCOc1cccc(CCN(C[C@H](O)c2ccc(O)c(CO)c2)C(C)(C)Cc2cccc(C(N)=O)c2)c1. The number of amides is 1. The Bertz CT molecular complexity index is 1190. The fourth-order valence-corrected chi connectivity index (χ4v) is 4.56. The zero-order chi connectivity index (χ0) is 27.0. The van der Waals surface area contributed by atoms with Crippen LogP contribution in [0, 0.1) is 0 Å². The van der Waals surface area contributed by atoms with Crippen LogP contribution in [-0.2, 0) is 19.4 Å². The molecule has 0 unspecified atom stereocenters. The molecule has 1 atom stereocenters. The molecule has 0 aliphatic rings. The monoisotopic (exact) mass is 506 g/mol. The summed E-state index contributed by atoms with van der Waals surface area (Å²) in [6, 6.07) is 20.1. The second-order valence-electron chi connectivity index (χ2n) is 9.89. The molecule has 5 N–H and O–H groups in total. The Morgan fingerprint density at radius 1 is 1.05 bits per heavy atom. The van der Waals surface area contributed by atoms with Gasteiger partial charge >= 0.3 is 0 Å². The van der Waals surface area contributed by atoms with Gasteiger partial charge in [-0.25, -0.2) is 0 Å². The number of primary amides is 1. The first kappa shape index (κ1) is 28.2. The fraction of sp³-hybridized carbons (Fsp3) is 0.367. The lowest BCUT2D eigenvalue weighted by Crippen LogP contribution is -2.48. The van der Waals surface area contributed by atoms with Crippen LogP contribution in [0.1, 0.15) is 59.5 Å². The number of phenols is 1. The van der Waals surface area contributed by atoms with E-state index in [-0.39, 0.29) is 17.9 Å². The smallest absolute Gasteiger partial charge is 0.248 e. The van der Waals surface area contributed by atoms with Gasteiger partial charge in [-0.1, -0.05) is 30.3 Å². The van der Waals surface area contributed by atoms with Crippen molar-refractivity contribution in [3.8, 4) is 11.5 Å². The van der Waals surface area contributed by atoms with Crippen molar-refractivity contribution < 1.29 is 24.9 Å². The standard InChI is InChI=1S/C30H38N2O5/c1-4-37-26-10-6-7-21(16-26)13-14-32(19-28(35)23-11-12-27(34)25(17-23)20-33)30(2,3)18-22-8-5-9-24(15-22)29(31)36/h5-12,15-17,28,33-35H,4,13-14,18-20H2,1-3H3,(H2,31,36)/t28-/m0/s1. The lowest BCUT2D eigenvalue weighted by atomic mass is 9.90. The molecule has 0 spiro atoms. The van der Waals surface area contributed by atoms with E-state index in [1.807, 2.05) is 43.3 Å². The van der Waals surface area contributed by atoms with Gasteiger partial charge in [0.25, 0.3) is 0 Å². The van der Waals surface area contributed by atoms with Gasteiger partial charge < -0.3 is 25.8 Å². The molecule has 7 heteroatoms. The van der Waals surface area contributed by atoms with Crippen LogP contribution in [0.2, 0.25) is 0 Å². The third kappa shape index (κ3) is 7.79. The minimum Gasteiger partial charge on any atom is -0.508 e. The Morgan fingerprint density at radius 3 is 2.49 bits per heavy atom. The molecule has 0 aliphatic carbocycles. The van der Waals surface area contributed by atoms with Gasteiger partial charge in [0.2, 0.25) is 5.91 Å². The van der Waals surface area contributed by atoms with Crippen molar-refractivity contribution >= 4 is 5.91 Å². The minimum atomic E-state index is -0.836. The van der Waals surface area contributed by atoms with Crippen molar-refractivity contribution in [3.63, 3.8) is 0 Å². The molecule has 3 aromatic rings. The zero-order valence-electron chi connectivity index (χ0n) is 21.9. The molecule has 0 heterocycles. The van der Waals surface area contributed by atoms with Crippen LogP contribution >= 0.6 is 0 Å². The number of carbonyl (C=O) groups excluding carboxylic acids is 1. The number of aromatic hydroxyl groups is 1. The lowest BCUT2D eigenvalue weighted by Gasteiger charge is -2.40. The second-order valence-corrected chi connectivity index (χ2v) is 9.89. The van der Waals surface area contributed by atoms with Crippen LogP contribution in [0.25, 0.3) is 0 Å². The molecule has 0 aromatic heterocycles. The van der Waals surface area contributed by atoms with Crippen LogP contribution in [0.5, 0.6) is 11.5 Å². The van der Waals surface area contributed by atoms with E-state index in [1.54, 1.807) is 18.2 Å². The van der Waals surface area contributed by atoms with Crippen molar-refractivity contribution in [3.05, 3.63) is 94.5 Å². The van der Waals surface area contributed by atoms with E-state index in [2.05, 4.69) is 24.8 Å². The number of hydrogen-bond donors (Lipinski definition) is 4. The van der Waals surface area contributed by atoms with Crippen molar-refractivity contribution in [1.82, 2.24) is 4.90 Å². The quantitative estimate of drug-likeness (QED) is 0.279. The molecule has 0 bridgehead atoms. The highest BCUT2D eigenvalue weighted by Gasteiger charge is 2.29. The van der Waals surface area contributed by atoms with Gasteiger partial charge in [-0.15, -0.1) is 0 Å². The molecule has 7 nitrogen and oxygen atoms in total. The number of aliphatic hydroxyl groups excluding tert-OH is 2. The van der Waals surface area contributed by atoms with Crippen LogP contribution < -0.4 is 10.5 Å². The Hall–Kier alpha value is -3.39. The Kier molecular flexibility index (Phi) is 9.69. The number of nitrogens with zero attached hydrogens (tertiary/aromatic N) is 1. The highest BCUT2D eigenvalue weighted by molar-refractivity contribution is 5.92. The first-order valence-corrected chi connectivity index (χ1v) is 12.6. The molecule has 0 fully saturated rings. The molecular weight excluding hydrogens is 468 g/mol. The van der Waals surface area contributed by atoms with Crippen LogP contribution in [0.3, 0.4) is 0 Å². The number of benzene rings is 3. The van der Waals surface area contributed by atoms with Crippen molar-refractivity contribution in [2.45, 2.75) is 51.9 Å². The maximum absolute atomic E-state index is 11.7. The number of nitrogens with two attached hydrogens (primary N) is 1. The third-order valence-corrected chi connectivity index (χ3v) is 6.64. The normalized spacial score (nSPS) is 12.5. The number of carbonyl (C=O) groups is 1. The van der Waals surface area contributed by atoms with E-state index in [9.17, 15) is 20.1 Å². The number of aliphatic hydroxyl groups is 2. The average molecular weight is 507 g/mol. The van der Waals surface area contributed by atoms with Crippen molar-refractivity contribution in [2.75, 3.05) is 19.7 Å². The Labute approximate surface area is 219 Å². The number of ether oxygens (including phenoxy) is 1. The van der Waals surface area contributed by atoms with E-state index >= 15 is 0 Å². The zero-order valence-corrected chi connectivity index (χ0v) is 21.9. The summed E-state index contributed by atoms with van der Waals surface area (Å²) >= 11 is 0. The molecule has 0 aliphatic heterocycles. The number of rotatable bonds is 13. The largest absolute Gasteiger partial charge is 0.508 e. The molecule has 0 saturated carbocycles. The predicted molar refractivity (Wildman–Crippen MR) is 145 cm³/mol. The average Bonchev–Trinajstić information content (AvgIpc) is 2.87. The summed E-state index contributed by atoms with van der Waals surface area (Å²) in [5.74, 6) is 0.363. The van der Waals surface area contributed by atoms with Gasteiger partial charge in [-0.3, -0.25) is 9.69 Å². The molecule has 37 heavy (non-hydrogen) atoms. The topological polar surface area (TPSA) is 116 Å². The van der Waals surface area contributed by atoms with E-state index in [0.29, 0.717) is 42.8 Å². The summed E-state index contributed by atoms with van der Waals surface area (Å²) in [5.41, 5.74) is 8.67. The summed E-state index contributed by atoms with van der Waals surface area (Å²) in [5, 5.41) is 30.6. The van der Waals surface area contributed by atoms with Crippen LogP contribution in [0.15, 0.2) is 66.7 Å². The van der Waals surface area contributed by atoms with E-state index in [0.717, 1.165) is 23.3 Å². The van der Waals surface area contributed by atoms with Gasteiger partial charge in [0, 0.05) is 29.8 Å². The number of hydrogen-bond acceptors (Lipinski definition) is 6. The summed E-state index contributed by atoms with van der Waals surface area (Å²) in [6.45, 7) is 7.47. The maximum atomic E-state index is 11.7. The third-order valence-electron chi connectivity index (χ3n) is 6.64. The van der Waals surface area contributed by atoms with Crippen molar-refractivity contribution in [2.24, 2.45) is 5.73 Å². The molecular formula is C30H38N2O5. The fourth-order valence-electron chi connectivity index (χ4n) is 4.56. The predicted octanol–water partition coefficient (Wildman–Crippen LogP) is 3.98. The van der Waals surface area contributed by atoms with Gasteiger partial charge in [-0.05, 0) is 86.7 Å². The summed E-state index contributed by atoms with van der Waals surface area (Å²) in [4.78, 5) is 13.9. The van der Waals surface area contributed by atoms with Gasteiger partial charge in [0.15, 0.2) is 0 Å². The molecule has 1 amide bonds. The van der Waals surface area contributed by atoms with E-state index < -0.39 is 12.0 Å². The Balaban J connectivity index is 1.85. The van der Waals surface area contributed by atoms with Gasteiger partial charge in [0.1, 0.15) is 11.5 Å². The molecule has 198 valence electrons. The van der Waals surface area contributed by atoms with Gasteiger partial charge in [-0.2, -0.15) is 0 Å². The molecule has 3 rings (SSSR count). The van der Waals surface area contributed by atoms with E-state index in [1.165, 1.54) is 6.07 Å². The molecule has 0 radical (unpaired) electrons. The van der Waals surface area contributed by atoms with Gasteiger partial charge in [0.05, 0.1) is 19.3 Å². The Morgan fingerprint density at radius 2 is 1.78 bits per heavy atom. The summed E-state index contributed by atoms with van der Waals surface area (Å²) in [7, 11) is 0. The highest BCUT2D eigenvalue weighted by Crippen LogP contribution is 2.28. The summed E-state index contributed by atoms with van der Waals surface area (Å²) < 4.78 is 5.65. The second kappa shape index (κ2) is 12.7. The van der Waals surface area contributed by atoms with E-state index in [4.69, 9.17) is 10.5 Å². The first-order valence-electron chi connectivity index (χ1n) is 12.6. The van der Waals surface area contributed by atoms with Crippen LogP contribution in [0.4, 0.5) is 0 Å². The minimum absolute atomic E-state index is 0.000788. The summed E-state index contributed by atoms with van der Waals surface area (Å²) in [6.07, 6.45) is 0.546.